The van der Waals surface area contributed by atoms with Crippen molar-refractivity contribution in [3.8, 4) is 5.75 Å². The molecular weight excluding hydrogens is 356 g/mol. The Morgan fingerprint density at radius 2 is 2.08 bits per heavy atom. The van der Waals surface area contributed by atoms with Gasteiger partial charge in [0.1, 0.15) is 6.61 Å². The second-order valence-electron chi connectivity index (χ2n) is 4.98. The van der Waals surface area contributed by atoms with Gasteiger partial charge in [-0.05, 0) is 31.2 Å². The topological polar surface area (TPSA) is 77.2 Å². The lowest BCUT2D eigenvalue weighted by molar-refractivity contribution is -0.116. The molecule has 0 bridgehead atoms. The van der Waals surface area contributed by atoms with Crippen LogP contribution in [0.3, 0.4) is 0 Å². The van der Waals surface area contributed by atoms with E-state index in [0.29, 0.717) is 11.4 Å². The molecule has 0 radical (unpaired) electrons. The van der Waals surface area contributed by atoms with Crippen molar-refractivity contribution < 1.29 is 13.9 Å². The van der Waals surface area contributed by atoms with Crippen LogP contribution in [0.5, 0.6) is 5.75 Å². The van der Waals surface area contributed by atoms with Crippen LogP contribution in [0.15, 0.2) is 42.6 Å². The second kappa shape index (κ2) is 10.8. The molecule has 1 heterocycles. The van der Waals surface area contributed by atoms with E-state index in [2.05, 4.69) is 10.3 Å². The Morgan fingerprint density at radius 1 is 1.33 bits per heavy atom. The number of hydrogen-bond acceptors (Lipinski definition) is 4. The van der Waals surface area contributed by atoms with Gasteiger partial charge in [-0.2, -0.15) is 0 Å². The number of carbonyl (C=O) groups is 1. The number of ether oxygens (including phenoxy) is 1. The molecule has 1 unspecified atom stereocenters. The van der Waals surface area contributed by atoms with Crippen molar-refractivity contribution >= 4 is 36.4 Å². The molecule has 0 aliphatic carbocycles. The lowest BCUT2D eigenvalue weighted by Crippen LogP contribution is -2.24. The second-order valence-corrected chi connectivity index (χ2v) is 4.98. The van der Waals surface area contributed by atoms with Crippen LogP contribution in [0.4, 0.5) is 10.1 Å². The summed E-state index contributed by atoms with van der Waals surface area (Å²) in [5, 5.41) is 2.59. The van der Waals surface area contributed by atoms with Crippen LogP contribution in [-0.2, 0) is 11.4 Å². The van der Waals surface area contributed by atoms with E-state index in [4.69, 9.17) is 10.5 Å². The number of pyridine rings is 1. The van der Waals surface area contributed by atoms with E-state index in [-0.39, 0.29) is 55.5 Å². The number of anilines is 1. The van der Waals surface area contributed by atoms with Crippen molar-refractivity contribution in [2.75, 3.05) is 5.32 Å². The number of halogens is 3. The Labute approximate surface area is 152 Å². The molecule has 1 atom stereocenters. The van der Waals surface area contributed by atoms with E-state index in [0.717, 1.165) is 0 Å². The summed E-state index contributed by atoms with van der Waals surface area (Å²) in [6.45, 7) is 1.91. The van der Waals surface area contributed by atoms with Crippen LogP contribution in [0.25, 0.3) is 0 Å². The first-order valence-electron chi connectivity index (χ1n) is 6.92. The molecule has 5 nitrogen and oxygen atoms in total. The van der Waals surface area contributed by atoms with E-state index < -0.39 is 5.82 Å². The summed E-state index contributed by atoms with van der Waals surface area (Å²) in [7, 11) is 0. The number of carbonyl (C=O) groups excluding carboxylic acids is 1. The maximum atomic E-state index is 13.9. The van der Waals surface area contributed by atoms with E-state index in [1.807, 2.05) is 6.07 Å². The fourth-order valence-electron chi connectivity index (χ4n) is 1.84. The zero-order valence-corrected chi connectivity index (χ0v) is 14.7. The predicted molar refractivity (Wildman–Crippen MR) is 96.4 cm³/mol. The lowest BCUT2D eigenvalue weighted by Gasteiger charge is -2.10. The van der Waals surface area contributed by atoms with Crippen LogP contribution >= 0.6 is 24.8 Å². The third-order valence-corrected chi connectivity index (χ3v) is 2.82. The molecule has 0 aliphatic rings. The number of nitrogens with two attached hydrogens (primary N) is 1. The van der Waals surface area contributed by atoms with Gasteiger partial charge in [-0.25, -0.2) is 4.39 Å². The number of rotatable bonds is 6. The van der Waals surface area contributed by atoms with Gasteiger partial charge in [0.25, 0.3) is 0 Å². The summed E-state index contributed by atoms with van der Waals surface area (Å²) in [6, 6.07) is 9.44. The largest absolute Gasteiger partial charge is 0.484 e. The fourth-order valence-corrected chi connectivity index (χ4v) is 1.84. The molecule has 3 N–H and O–H groups in total. The Hall–Kier alpha value is -1.89. The predicted octanol–water partition coefficient (Wildman–Crippen LogP) is 3.32. The molecule has 132 valence electrons. The summed E-state index contributed by atoms with van der Waals surface area (Å²) < 4.78 is 19.3. The standard InChI is InChI=1S/C16H18FN3O2.2ClH/c1-11(18)8-16(21)20-12-5-6-15(14(17)9-12)22-10-13-4-2-3-7-19-13;;/h2-7,9,11H,8,10,18H2,1H3,(H,20,21);2*1H. The van der Waals surface area contributed by atoms with Crippen molar-refractivity contribution in [3.63, 3.8) is 0 Å². The molecule has 1 aromatic carbocycles. The van der Waals surface area contributed by atoms with Crippen molar-refractivity contribution in [3.05, 3.63) is 54.1 Å². The van der Waals surface area contributed by atoms with E-state index in [1.165, 1.54) is 12.1 Å². The molecule has 1 amide bonds. The number of nitrogens with zero attached hydrogens (tertiary/aromatic N) is 1. The number of benzene rings is 1. The minimum atomic E-state index is -0.547. The molecule has 24 heavy (non-hydrogen) atoms. The summed E-state index contributed by atoms with van der Waals surface area (Å²) in [6.07, 6.45) is 1.83. The monoisotopic (exact) mass is 375 g/mol. The highest BCUT2D eigenvalue weighted by molar-refractivity contribution is 5.91. The van der Waals surface area contributed by atoms with Gasteiger partial charge in [0.05, 0.1) is 5.69 Å². The first-order chi connectivity index (χ1) is 10.5. The SMILES string of the molecule is CC(N)CC(=O)Nc1ccc(OCc2ccccn2)c(F)c1.Cl.Cl. The first-order valence-corrected chi connectivity index (χ1v) is 6.92. The van der Waals surface area contributed by atoms with E-state index in [9.17, 15) is 9.18 Å². The van der Waals surface area contributed by atoms with Gasteiger partial charge < -0.3 is 15.8 Å². The Bertz CT molecular complexity index is 642. The fraction of sp³-hybridized carbons (Fsp3) is 0.250. The molecule has 0 saturated heterocycles. The lowest BCUT2D eigenvalue weighted by atomic mass is 10.2. The summed E-state index contributed by atoms with van der Waals surface area (Å²) >= 11 is 0. The molecule has 1 aromatic heterocycles. The molecule has 2 aromatic rings. The van der Waals surface area contributed by atoms with E-state index >= 15 is 0 Å². The number of amides is 1. The highest BCUT2D eigenvalue weighted by atomic mass is 35.5. The van der Waals surface area contributed by atoms with Gasteiger partial charge >= 0.3 is 0 Å². The van der Waals surface area contributed by atoms with Gasteiger partial charge in [0.15, 0.2) is 11.6 Å². The van der Waals surface area contributed by atoms with Crippen molar-refractivity contribution in [1.29, 1.82) is 0 Å². The number of hydrogen-bond donors (Lipinski definition) is 2. The number of nitrogens with one attached hydrogen (secondary N) is 1. The summed E-state index contributed by atoms with van der Waals surface area (Å²) in [4.78, 5) is 15.7. The van der Waals surface area contributed by atoms with Crippen LogP contribution in [0.2, 0.25) is 0 Å². The Balaban J connectivity index is 0.00000264. The van der Waals surface area contributed by atoms with Gasteiger partial charge in [-0.15, -0.1) is 24.8 Å². The van der Waals surface area contributed by atoms with Crippen molar-refractivity contribution in [2.24, 2.45) is 5.73 Å². The van der Waals surface area contributed by atoms with Gasteiger partial charge in [-0.3, -0.25) is 9.78 Å². The highest BCUT2D eigenvalue weighted by Gasteiger charge is 2.09. The normalized spacial score (nSPS) is 10.8. The zero-order chi connectivity index (χ0) is 15.9. The highest BCUT2D eigenvalue weighted by Crippen LogP contribution is 2.22. The third-order valence-electron chi connectivity index (χ3n) is 2.82. The van der Waals surface area contributed by atoms with Crippen molar-refractivity contribution in [2.45, 2.75) is 26.0 Å². The summed E-state index contributed by atoms with van der Waals surface area (Å²) in [5.74, 6) is -0.693. The van der Waals surface area contributed by atoms with Crippen LogP contribution in [0.1, 0.15) is 19.0 Å². The number of aromatic nitrogens is 1. The Kier molecular flexibility index (Phi) is 9.95. The van der Waals surface area contributed by atoms with Crippen molar-refractivity contribution in [1.82, 2.24) is 4.98 Å². The zero-order valence-electron chi connectivity index (χ0n) is 13.1. The van der Waals surface area contributed by atoms with Crippen LogP contribution < -0.4 is 15.8 Å². The molecule has 0 spiro atoms. The van der Waals surface area contributed by atoms with Gasteiger partial charge in [0.2, 0.25) is 5.91 Å². The van der Waals surface area contributed by atoms with Gasteiger partial charge in [0, 0.05) is 30.4 Å². The minimum Gasteiger partial charge on any atom is -0.484 e. The van der Waals surface area contributed by atoms with Crippen LogP contribution in [-0.4, -0.2) is 16.9 Å². The minimum absolute atomic E-state index is 0. The summed E-state index contributed by atoms with van der Waals surface area (Å²) in [5.41, 5.74) is 6.61. The van der Waals surface area contributed by atoms with E-state index in [1.54, 1.807) is 31.3 Å². The maximum absolute atomic E-state index is 13.9. The maximum Gasteiger partial charge on any atom is 0.225 e. The first kappa shape index (κ1) is 22.1. The van der Waals surface area contributed by atoms with Crippen LogP contribution in [0, 0.1) is 5.82 Å². The molecule has 8 heteroatoms. The molecular formula is C16H20Cl2FN3O2. The molecule has 0 saturated carbocycles. The molecule has 0 aliphatic heterocycles. The average Bonchev–Trinajstić information content (AvgIpc) is 2.46. The van der Waals surface area contributed by atoms with Gasteiger partial charge in [-0.1, -0.05) is 6.07 Å². The smallest absolute Gasteiger partial charge is 0.225 e. The quantitative estimate of drug-likeness (QED) is 0.811. The third kappa shape index (κ3) is 7.12. The molecule has 0 fully saturated rings. The average molecular weight is 376 g/mol. The molecule has 2 rings (SSSR count). The Morgan fingerprint density at radius 3 is 2.67 bits per heavy atom.